The molecule has 0 radical (unpaired) electrons. The fraction of sp³-hybridized carbons (Fsp3) is 0. The van der Waals surface area contributed by atoms with E-state index in [4.69, 9.17) is 38.7 Å². The van der Waals surface area contributed by atoms with Crippen LogP contribution in [0.25, 0.3) is 309 Å². The maximum absolute atomic E-state index is 6.22. The summed E-state index contributed by atoms with van der Waals surface area (Å²) in [4.78, 5) is 30.4. The zero-order chi connectivity index (χ0) is 98.3. The summed E-state index contributed by atoms with van der Waals surface area (Å²) in [6, 6.07) is 178. The lowest BCUT2D eigenvalue weighted by Crippen LogP contribution is -2.00. The van der Waals surface area contributed by atoms with Crippen molar-refractivity contribution in [1.29, 1.82) is 0 Å². The Balaban J connectivity index is 0.000000135. The van der Waals surface area contributed by atoms with Crippen molar-refractivity contribution in [3.05, 3.63) is 497 Å². The van der Waals surface area contributed by atoms with Gasteiger partial charge >= 0.3 is 0 Å². The first-order valence-electron chi connectivity index (χ1n) is 50.8. The lowest BCUT2D eigenvalue weighted by Gasteiger charge is -2.15. The molecule has 0 spiro atoms. The second-order valence-corrected chi connectivity index (χ2v) is 39.0. The Bertz CT molecular complexity index is 11100. The maximum Gasteiger partial charge on any atom is 0.164 e. The first-order chi connectivity index (χ1) is 74.3. The highest BCUT2D eigenvalue weighted by Gasteiger charge is 2.26. The molecule has 0 unspecified atom stereocenters. The number of rotatable bonds is 12. The molecule has 0 aliphatic rings. The summed E-state index contributed by atoms with van der Waals surface area (Å²) >= 11 is 0. The van der Waals surface area contributed by atoms with Crippen LogP contribution in [0.5, 0.6) is 0 Å². The Kier molecular flexibility index (Phi) is 18.9. The molecule has 0 N–H and O–H groups in total. The van der Waals surface area contributed by atoms with Gasteiger partial charge in [0.25, 0.3) is 0 Å². The van der Waals surface area contributed by atoms with E-state index in [1.165, 1.54) is 136 Å². The van der Waals surface area contributed by atoms with Crippen molar-refractivity contribution in [2.24, 2.45) is 0 Å². The lowest BCUT2D eigenvalue weighted by molar-refractivity contribution is 0.668. The van der Waals surface area contributed by atoms with Gasteiger partial charge in [-0.1, -0.05) is 340 Å². The molecule has 8 aromatic heterocycles. The van der Waals surface area contributed by atoms with Gasteiger partial charge in [-0.15, -0.1) is 0 Å². The van der Waals surface area contributed by atoms with Crippen LogP contribution in [0.2, 0.25) is 0 Å². The van der Waals surface area contributed by atoms with Crippen LogP contribution in [0.1, 0.15) is 0 Å². The number of para-hydroxylation sites is 6. The average Bonchev–Trinajstić information content (AvgIpc) is 1.02. The normalized spacial score (nSPS) is 12.0. The lowest BCUT2D eigenvalue weighted by atomic mass is 9.93. The average molecular weight is 1910 g/mol. The van der Waals surface area contributed by atoms with E-state index in [-0.39, 0.29) is 0 Å². The molecule has 150 heavy (non-hydrogen) atoms. The summed E-state index contributed by atoms with van der Waals surface area (Å²) in [7, 11) is 0. The Morgan fingerprint density at radius 1 is 0.113 bits per heavy atom. The quantitative estimate of drug-likeness (QED) is 0.111. The number of furan rings is 2. The second-order valence-electron chi connectivity index (χ2n) is 39.0. The van der Waals surface area contributed by atoms with Crippen LogP contribution in [0.15, 0.2) is 506 Å². The largest absolute Gasteiger partial charge is 0.456 e. The Morgan fingerprint density at radius 3 is 0.620 bits per heavy atom. The predicted molar refractivity (Wildman–Crippen MR) is 620 cm³/mol. The van der Waals surface area contributed by atoms with E-state index in [0.717, 1.165) is 138 Å². The third-order valence-corrected chi connectivity index (χ3v) is 30.7. The van der Waals surface area contributed by atoms with E-state index < -0.39 is 0 Å². The third kappa shape index (κ3) is 13.5. The first kappa shape index (κ1) is 84.2. The van der Waals surface area contributed by atoms with E-state index in [1.807, 2.05) is 121 Å². The Labute approximate surface area is 857 Å². The van der Waals surface area contributed by atoms with E-state index >= 15 is 0 Å². The van der Waals surface area contributed by atoms with Crippen molar-refractivity contribution in [1.82, 2.24) is 48.2 Å². The van der Waals surface area contributed by atoms with E-state index in [1.54, 1.807) is 0 Å². The van der Waals surface area contributed by atoms with Crippen molar-refractivity contribution in [3.63, 3.8) is 0 Å². The number of benzene rings is 24. The molecule has 32 aromatic rings. The molecule has 0 aliphatic carbocycles. The summed E-state index contributed by atoms with van der Waals surface area (Å²) in [6.07, 6.45) is 0. The van der Waals surface area contributed by atoms with E-state index in [9.17, 15) is 0 Å². The van der Waals surface area contributed by atoms with Gasteiger partial charge in [-0.05, 0) is 245 Å². The molecule has 0 amide bonds. The SMILES string of the molecule is c1ccc(-c2nc(-c3ccccc3)nc(-c3ccc4c5ccc(-n6c7ccccc7c7cc(-c8ccc9c(c8)c8ccccc8n9-c8ccc9oc%10ccccc%10c9c8)ccc76)cc5c5ccccc5c4c3)n2)cc1.c1ccc(-c2nc(-c3ccccc3)nc(-c3ccc4c5ccccc5c5ccc(-n6c7ccccc7c7cc(-c8ccc9c(c8)c8ccccc8n9-c8ccc9oc%10ccccc%10c9c8)ccc76)cc5c4c3)n2)cc1. The molecule has 696 valence electrons. The van der Waals surface area contributed by atoms with Gasteiger partial charge in [0, 0.05) is 121 Å². The van der Waals surface area contributed by atoms with Crippen molar-refractivity contribution >= 4 is 196 Å². The van der Waals surface area contributed by atoms with Crippen molar-refractivity contribution in [3.8, 4) is 113 Å². The van der Waals surface area contributed by atoms with Gasteiger partial charge in [-0.2, -0.15) is 0 Å². The minimum absolute atomic E-state index is 0.631. The van der Waals surface area contributed by atoms with Gasteiger partial charge in [0.05, 0.1) is 44.1 Å². The van der Waals surface area contributed by atoms with Crippen molar-refractivity contribution in [2.45, 2.75) is 0 Å². The summed E-state index contributed by atoms with van der Waals surface area (Å²) in [5.74, 6) is 3.84. The smallest absolute Gasteiger partial charge is 0.164 e. The van der Waals surface area contributed by atoms with Crippen molar-refractivity contribution in [2.75, 3.05) is 0 Å². The first-order valence-corrected chi connectivity index (χ1v) is 50.8. The molecule has 32 rings (SSSR count). The number of aromatic nitrogens is 10. The summed E-state index contributed by atoms with van der Waals surface area (Å²) in [5, 5.41) is 28.4. The molecule has 0 bridgehead atoms. The molecule has 0 saturated carbocycles. The molecular formula is C138H82N10O2. The molecule has 24 aromatic carbocycles. The van der Waals surface area contributed by atoms with Crippen LogP contribution in [0.4, 0.5) is 0 Å². The van der Waals surface area contributed by atoms with E-state index in [2.05, 4.69) is 394 Å². The Hall–Kier alpha value is -20.3. The topological polar surface area (TPSA) is 123 Å². The highest BCUT2D eigenvalue weighted by Crippen LogP contribution is 2.48. The standard InChI is InChI=1S/2C69H41N5O/c1-3-15-42(16-4-1)67-70-68(43-17-5-2-6-18-43)72-69(71-67)46-27-32-51-52-33-30-47(40-57(52)50-20-8-7-19-49(50)56(51)39-46)73-61-24-12-9-21-53(61)58-37-44(28-34-63(58)73)45-29-35-64-59(38-45)54-22-10-13-25-62(54)74(64)48-31-36-66-60(41-48)55-23-11-14-26-65(55)75-66;1-3-15-42(16-4-1)67-70-68(43-17-5-2-6-18-43)72-69(71-67)46-27-32-51-49-19-7-8-20-50(49)52-33-30-47(40-57(52)56(51)39-46)73-61-24-12-9-21-53(61)58-37-44(28-34-63(58)73)45-29-35-64-59(38-45)54-22-10-13-25-62(54)74(64)48-31-36-66-60(41-48)55-23-11-14-26-65(55)75-66/h2*1-41H. The number of nitrogens with zero attached hydrogens (tertiary/aromatic N) is 10. The Morgan fingerprint density at radius 2 is 0.307 bits per heavy atom. The molecular weight excluding hydrogens is 1830 g/mol. The summed E-state index contributed by atoms with van der Waals surface area (Å²) in [5.41, 5.74) is 27.7. The van der Waals surface area contributed by atoms with Crippen LogP contribution in [0, 0.1) is 0 Å². The maximum atomic E-state index is 6.22. The zero-order valence-corrected chi connectivity index (χ0v) is 80.6. The minimum atomic E-state index is 0.631. The van der Waals surface area contributed by atoms with Crippen LogP contribution in [0.3, 0.4) is 0 Å². The summed E-state index contributed by atoms with van der Waals surface area (Å²) in [6.45, 7) is 0. The van der Waals surface area contributed by atoms with Gasteiger partial charge < -0.3 is 27.1 Å². The molecule has 0 atom stereocenters. The van der Waals surface area contributed by atoms with Gasteiger partial charge in [0.2, 0.25) is 0 Å². The zero-order valence-electron chi connectivity index (χ0n) is 80.6. The monoisotopic (exact) mass is 1910 g/mol. The molecule has 12 heteroatoms. The predicted octanol–water partition coefficient (Wildman–Crippen LogP) is 36.2. The second kappa shape index (κ2) is 33.6. The van der Waals surface area contributed by atoms with Crippen LogP contribution < -0.4 is 0 Å². The van der Waals surface area contributed by atoms with Gasteiger partial charge in [-0.25, -0.2) is 29.9 Å². The minimum Gasteiger partial charge on any atom is -0.456 e. The van der Waals surface area contributed by atoms with E-state index in [0.29, 0.717) is 34.9 Å². The number of hydrogen-bond acceptors (Lipinski definition) is 8. The van der Waals surface area contributed by atoms with Crippen LogP contribution in [-0.4, -0.2) is 48.2 Å². The molecule has 12 nitrogen and oxygen atoms in total. The van der Waals surface area contributed by atoms with Crippen molar-refractivity contribution < 1.29 is 8.83 Å². The summed E-state index contributed by atoms with van der Waals surface area (Å²) < 4.78 is 22.1. The molecule has 0 saturated heterocycles. The van der Waals surface area contributed by atoms with Gasteiger partial charge in [-0.3, -0.25) is 0 Å². The van der Waals surface area contributed by atoms with Gasteiger partial charge in [0.1, 0.15) is 22.3 Å². The van der Waals surface area contributed by atoms with Crippen LogP contribution >= 0.6 is 0 Å². The molecule has 0 aliphatic heterocycles. The van der Waals surface area contributed by atoms with Gasteiger partial charge in [0.15, 0.2) is 34.9 Å². The molecule has 0 fully saturated rings. The fourth-order valence-electron chi connectivity index (χ4n) is 23.8. The fourth-order valence-corrected chi connectivity index (χ4v) is 23.8. The van der Waals surface area contributed by atoms with Crippen LogP contribution in [-0.2, 0) is 0 Å². The number of fused-ring (bicyclic) bond motifs is 30. The molecule has 8 heterocycles. The third-order valence-electron chi connectivity index (χ3n) is 30.7. The highest BCUT2D eigenvalue weighted by atomic mass is 16.3. The highest BCUT2D eigenvalue weighted by molar-refractivity contribution is 6.29. The number of hydrogen-bond donors (Lipinski definition) is 0.